The summed E-state index contributed by atoms with van der Waals surface area (Å²) >= 11 is 3.71. The highest BCUT2D eigenvalue weighted by Crippen LogP contribution is 2.31. The second-order valence-corrected chi connectivity index (χ2v) is 7.21. The highest BCUT2D eigenvalue weighted by Gasteiger charge is 2.13. The van der Waals surface area contributed by atoms with Crippen LogP contribution in [0.25, 0.3) is 0 Å². The zero-order valence-electron chi connectivity index (χ0n) is 11.1. The van der Waals surface area contributed by atoms with Crippen molar-refractivity contribution in [1.82, 2.24) is 0 Å². The molecule has 0 aliphatic heterocycles. The van der Waals surface area contributed by atoms with E-state index in [-0.39, 0.29) is 11.9 Å². The zero-order valence-corrected chi connectivity index (χ0v) is 14.0. The second kappa shape index (κ2) is 5.66. The lowest BCUT2D eigenvalue weighted by Crippen LogP contribution is -2.09. The summed E-state index contributed by atoms with van der Waals surface area (Å²) < 4.78 is 14.1. The van der Waals surface area contributed by atoms with E-state index in [9.17, 15) is 4.39 Å². The first-order valence-corrected chi connectivity index (χ1v) is 7.86. The molecule has 1 atom stereocenters. The number of nitrogens with two attached hydrogens (primary N) is 1. The van der Waals surface area contributed by atoms with Crippen molar-refractivity contribution < 1.29 is 4.39 Å². The van der Waals surface area contributed by atoms with Crippen molar-refractivity contribution in [3.05, 3.63) is 42.9 Å². The van der Waals surface area contributed by atoms with E-state index in [0.717, 1.165) is 0 Å². The van der Waals surface area contributed by atoms with Crippen LogP contribution < -0.4 is 11.1 Å². The number of aryl methyl sites for hydroxylation is 2. The number of hydrogen-bond acceptors (Lipinski definition) is 3. The van der Waals surface area contributed by atoms with Crippen LogP contribution in [-0.4, -0.2) is 0 Å². The van der Waals surface area contributed by atoms with Crippen LogP contribution in [0, 0.1) is 23.2 Å². The predicted molar refractivity (Wildman–Crippen MR) is 89.4 cm³/mol. The van der Waals surface area contributed by atoms with Gasteiger partial charge < -0.3 is 11.1 Å². The van der Waals surface area contributed by atoms with Crippen molar-refractivity contribution in [1.29, 1.82) is 0 Å². The van der Waals surface area contributed by atoms with Crippen LogP contribution in [0.15, 0.2) is 18.2 Å². The number of nitrogens with one attached hydrogen (secondary N) is 1. The van der Waals surface area contributed by atoms with E-state index in [0.29, 0.717) is 14.9 Å². The molecule has 0 saturated carbocycles. The SMILES string of the molecule is Cc1cc(C(C)Nc2cc(F)c(I)cc2N)c(C)s1. The van der Waals surface area contributed by atoms with Crippen molar-refractivity contribution >= 4 is 45.3 Å². The maximum Gasteiger partial charge on any atom is 0.138 e. The van der Waals surface area contributed by atoms with Gasteiger partial charge in [-0.05, 0) is 61.1 Å². The molecule has 1 aromatic carbocycles. The third kappa shape index (κ3) is 3.20. The molecule has 1 aromatic heterocycles. The molecule has 3 N–H and O–H groups in total. The first kappa shape index (κ1) is 14.6. The van der Waals surface area contributed by atoms with Crippen LogP contribution >= 0.6 is 33.9 Å². The molecular weight excluding hydrogens is 374 g/mol. The van der Waals surface area contributed by atoms with Crippen LogP contribution in [0.4, 0.5) is 15.8 Å². The molecule has 19 heavy (non-hydrogen) atoms. The fourth-order valence-corrected chi connectivity index (χ4v) is 3.59. The summed E-state index contributed by atoms with van der Waals surface area (Å²) in [5, 5.41) is 3.29. The number of anilines is 2. The molecule has 0 fully saturated rings. The average Bonchev–Trinajstić information content (AvgIpc) is 2.65. The van der Waals surface area contributed by atoms with Gasteiger partial charge in [-0.25, -0.2) is 4.39 Å². The number of halogens is 2. The first-order valence-electron chi connectivity index (χ1n) is 5.96. The zero-order chi connectivity index (χ0) is 14.2. The van der Waals surface area contributed by atoms with E-state index in [1.165, 1.54) is 21.4 Å². The highest BCUT2D eigenvalue weighted by molar-refractivity contribution is 14.1. The molecule has 2 aromatic rings. The Kier molecular flexibility index (Phi) is 4.35. The molecule has 5 heteroatoms. The van der Waals surface area contributed by atoms with Gasteiger partial charge in [-0.15, -0.1) is 11.3 Å². The van der Waals surface area contributed by atoms with Gasteiger partial charge in [0.15, 0.2) is 0 Å². The normalized spacial score (nSPS) is 12.5. The molecular formula is C14H16FIN2S. The van der Waals surface area contributed by atoms with Crippen LogP contribution in [0.3, 0.4) is 0 Å². The number of thiophene rings is 1. The molecule has 102 valence electrons. The quantitative estimate of drug-likeness (QED) is 0.580. The van der Waals surface area contributed by atoms with Gasteiger partial charge >= 0.3 is 0 Å². The van der Waals surface area contributed by atoms with E-state index in [1.807, 2.05) is 22.6 Å². The van der Waals surface area contributed by atoms with Crippen LogP contribution in [0.2, 0.25) is 0 Å². The van der Waals surface area contributed by atoms with E-state index in [4.69, 9.17) is 5.73 Å². The minimum absolute atomic E-state index is 0.103. The van der Waals surface area contributed by atoms with E-state index in [1.54, 1.807) is 17.4 Å². The van der Waals surface area contributed by atoms with Gasteiger partial charge in [-0.3, -0.25) is 0 Å². The van der Waals surface area contributed by atoms with Gasteiger partial charge in [0.05, 0.1) is 14.9 Å². The molecule has 1 heterocycles. The number of rotatable bonds is 3. The van der Waals surface area contributed by atoms with Crippen molar-refractivity contribution in [3.63, 3.8) is 0 Å². The number of hydrogen-bond donors (Lipinski definition) is 2. The Morgan fingerprint density at radius 2 is 2.00 bits per heavy atom. The molecule has 2 nitrogen and oxygen atoms in total. The Morgan fingerprint density at radius 3 is 2.58 bits per heavy atom. The van der Waals surface area contributed by atoms with E-state index < -0.39 is 0 Å². The minimum Gasteiger partial charge on any atom is -0.397 e. The fourth-order valence-electron chi connectivity index (χ4n) is 2.08. The fraction of sp³-hybridized carbons (Fsp3) is 0.286. The standard InChI is InChI=1S/C14H16FIN2S/c1-7-4-10(9(3)19-7)8(2)18-14-5-11(15)12(16)6-13(14)17/h4-6,8,18H,17H2,1-3H3. The maximum atomic E-state index is 13.6. The smallest absolute Gasteiger partial charge is 0.138 e. The second-order valence-electron chi connectivity index (χ2n) is 4.59. The molecule has 0 aliphatic carbocycles. The minimum atomic E-state index is -0.247. The highest BCUT2D eigenvalue weighted by atomic mass is 127. The summed E-state index contributed by atoms with van der Waals surface area (Å²) in [7, 11) is 0. The van der Waals surface area contributed by atoms with Crippen LogP contribution in [-0.2, 0) is 0 Å². The van der Waals surface area contributed by atoms with Gasteiger partial charge in [0.2, 0.25) is 0 Å². The maximum absolute atomic E-state index is 13.6. The van der Waals surface area contributed by atoms with E-state index >= 15 is 0 Å². The van der Waals surface area contributed by atoms with Crippen molar-refractivity contribution in [2.24, 2.45) is 0 Å². The summed E-state index contributed by atoms with van der Waals surface area (Å²) in [6.07, 6.45) is 0. The summed E-state index contributed by atoms with van der Waals surface area (Å²) in [5.41, 5.74) is 8.38. The van der Waals surface area contributed by atoms with Gasteiger partial charge in [-0.1, -0.05) is 0 Å². The first-order chi connectivity index (χ1) is 8.88. The van der Waals surface area contributed by atoms with Gasteiger partial charge in [-0.2, -0.15) is 0 Å². The third-order valence-electron chi connectivity index (χ3n) is 3.01. The monoisotopic (exact) mass is 390 g/mol. The Labute approximate surface area is 130 Å². The summed E-state index contributed by atoms with van der Waals surface area (Å²) in [6, 6.07) is 5.38. The molecule has 1 unspecified atom stereocenters. The predicted octanol–water partition coefficient (Wildman–Crippen LogP) is 4.86. The lowest BCUT2D eigenvalue weighted by Gasteiger charge is -2.17. The van der Waals surface area contributed by atoms with Crippen LogP contribution in [0.5, 0.6) is 0 Å². The Hall–Kier alpha value is -0.820. The molecule has 0 bridgehead atoms. The molecule has 0 radical (unpaired) electrons. The Bertz CT molecular complexity index is 610. The molecule has 0 aliphatic rings. The lowest BCUT2D eigenvalue weighted by molar-refractivity contribution is 0.620. The largest absolute Gasteiger partial charge is 0.397 e. The summed E-state index contributed by atoms with van der Waals surface area (Å²) in [6.45, 7) is 6.25. The van der Waals surface area contributed by atoms with Crippen molar-refractivity contribution in [3.8, 4) is 0 Å². The van der Waals surface area contributed by atoms with Gasteiger partial charge in [0.1, 0.15) is 5.82 Å². The van der Waals surface area contributed by atoms with Gasteiger partial charge in [0, 0.05) is 21.9 Å². The van der Waals surface area contributed by atoms with E-state index in [2.05, 4.69) is 32.2 Å². The van der Waals surface area contributed by atoms with Crippen molar-refractivity contribution in [2.45, 2.75) is 26.8 Å². The molecule has 0 saturated heterocycles. The Balaban J connectivity index is 2.26. The Morgan fingerprint density at radius 1 is 1.32 bits per heavy atom. The molecule has 2 rings (SSSR count). The summed E-state index contributed by atoms with van der Waals surface area (Å²) in [5.74, 6) is -0.247. The average molecular weight is 390 g/mol. The van der Waals surface area contributed by atoms with Crippen LogP contribution in [0.1, 0.15) is 28.3 Å². The lowest BCUT2D eigenvalue weighted by atomic mass is 10.1. The number of benzene rings is 1. The summed E-state index contributed by atoms with van der Waals surface area (Å²) in [4.78, 5) is 2.56. The van der Waals surface area contributed by atoms with Crippen molar-refractivity contribution in [2.75, 3.05) is 11.1 Å². The molecule has 0 spiro atoms. The molecule has 0 amide bonds. The topological polar surface area (TPSA) is 38.0 Å². The van der Waals surface area contributed by atoms with Gasteiger partial charge in [0.25, 0.3) is 0 Å². The number of nitrogen functional groups attached to an aromatic ring is 1. The third-order valence-corrected chi connectivity index (χ3v) is 4.82.